The maximum Gasteiger partial charge on any atom is 0.111 e. The van der Waals surface area contributed by atoms with Gasteiger partial charge in [0, 0.05) is 37.7 Å². The fourth-order valence-electron chi connectivity index (χ4n) is 2.46. The van der Waals surface area contributed by atoms with Gasteiger partial charge in [0.15, 0.2) is 0 Å². The average Bonchev–Trinajstić information content (AvgIpc) is 2.68. The van der Waals surface area contributed by atoms with Crippen LogP contribution in [-0.4, -0.2) is 28.8 Å². The van der Waals surface area contributed by atoms with Gasteiger partial charge in [0.2, 0.25) is 0 Å². The monoisotopic (exact) mass is 251 g/mol. The van der Waals surface area contributed by atoms with Gasteiger partial charge in [-0.1, -0.05) is 13.8 Å². The van der Waals surface area contributed by atoms with Crippen LogP contribution >= 0.6 is 0 Å². The van der Waals surface area contributed by atoms with Crippen molar-refractivity contribution in [3.63, 3.8) is 0 Å². The summed E-state index contributed by atoms with van der Waals surface area (Å²) in [6.07, 6.45) is 1.38. The topological polar surface area (TPSA) is 39.1 Å². The van der Waals surface area contributed by atoms with Crippen LogP contribution in [0.3, 0.4) is 0 Å². The molecule has 1 aliphatic rings. The molecule has 2 rings (SSSR count). The number of hydrogen-bond donors (Lipinski definition) is 1. The molecule has 1 aliphatic heterocycles. The predicted molar refractivity (Wildman–Crippen MR) is 72.8 cm³/mol. The Hall–Kier alpha value is -0.870. The highest BCUT2D eigenvalue weighted by molar-refractivity contribution is 5.21. The van der Waals surface area contributed by atoms with E-state index in [9.17, 15) is 0 Å². The third-order valence-corrected chi connectivity index (χ3v) is 3.30. The van der Waals surface area contributed by atoms with Crippen molar-refractivity contribution in [2.24, 2.45) is 0 Å². The van der Waals surface area contributed by atoms with Crippen LogP contribution in [0.1, 0.15) is 50.8 Å². The second-order valence-corrected chi connectivity index (χ2v) is 5.52. The van der Waals surface area contributed by atoms with Crippen LogP contribution in [0, 0.1) is 0 Å². The minimum absolute atomic E-state index is 0.300. The van der Waals surface area contributed by atoms with Crippen molar-refractivity contribution in [1.82, 2.24) is 14.9 Å². The summed E-state index contributed by atoms with van der Waals surface area (Å²) >= 11 is 0. The first kappa shape index (κ1) is 13.6. The Morgan fingerprint density at radius 2 is 2.11 bits per heavy atom. The minimum Gasteiger partial charge on any atom is -0.377 e. The summed E-state index contributed by atoms with van der Waals surface area (Å²) in [4.78, 5) is 4.79. The highest BCUT2D eigenvalue weighted by Gasteiger charge is 2.20. The first-order valence-corrected chi connectivity index (χ1v) is 7.00. The van der Waals surface area contributed by atoms with E-state index in [2.05, 4.69) is 37.6 Å². The Morgan fingerprint density at radius 1 is 1.33 bits per heavy atom. The van der Waals surface area contributed by atoms with Gasteiger partial charge >= 0.3 is 0 Å². The summed E-state index contributed by atoms with van der Waals surface area (Å²) in [6, 6.07) is 0. The van der Waals surface area contributed by atoms with Gasteiger partial charge in [-0.25, -0.2) is 4.98 Å². The summed E-state index contributed by atoms with van der Waals surface area (Å²) in [7, 11) is 0. The Bertz CT molecular complexity index is 396. The lowest BCUT2D eigenvalue weighted by Crippen LogP contribution is -2.25. The summed E-state index contributed by atoms with van der Waals surface area (Å²) in [5.74, 6) is 1.67. The molecule has 0 aromatic carbocycles. The molecule has 102 valence electrons. The van der Waals surface area contributed by atoms with Gasteiger partial charge in [0.25, 0.3) is 0 Å². The molecule has 1 N–H and O–H groups in total. The molecule has 0 bridgehead atoms. The van der Waals surface area contributed by atoms with Crippen molar-refractivity contribution >= 4 is 0 Å². The van der Waals surface area contributed by atoms with E-state index < -0.39 is 0 Å². The first-order valence-electron chi connectivity index (χ1n) is 7.00. The van der Waals surface area contributed by atoms with E-state index >= 15 is 0 Å². The highest BCUT2D eigenvalue weighted by Crippen LogP contribution is 2.21. The number of aromatic nitrogens is 2. The third kappa shape index (κ3) is 2.93. The largest absolute Gasteiger partial charge is 0.377 e. The van der Waals surface area contributed by atoms with Gasteiger partial charge in [0.1, 0.15) is 5.82 Å². The molecule has 0 spiro atoms. The number of imidazole rings is 1. The molecule has 18 heavy (non-hydrogen) atoms. The van der Waals surface area contributed by atoms with E-state index in [1.807, 2.05) is 0 Å². The number of nitrogens with zero attached hydrogens (tertiary/aromatic N) is 2. The van der Waals surface area contributed by atoms with Crippen molar-refractivity contribution in [1.29, 1.82) is 0 Å². The maximum absolute atomic E-state index is 5.68. The zero-order chi connectivity index (χ0) is 13.1. The molecular weight excluding hydrogens is 226 g/mol. The zero-order valence-corrected chi connectivity index (χ0v) is 12.0. The molecule has 2 heterocycles. The standard InChI is InChI=1S/C14H25N3O/c1-10(2)14-16-12-9-15-6-5-13(12)17(14)7-8-18-11(3)4/h10-11,15H,5-9H2,1-4H3. The quantitative estimate of drug-likeness (QED) is 0.871. The number of hydrogen-bond acceptors (Lipinski definition) is 3. The average molecular weight is 251 g/mol. The van der Waals surface area contributed by atoms with E-state index in [4.69, 9.17) is 9.72 Å². The second-order valence-electron chi connectivity index (χ2n) is 5.52. The van der Waals surface area contributed by atoms with Crippen LogP contribution in [0.15, 0.2) is 0 Å². The number of rotatable bonds is 5. The molecule has 0 atom stereocenters. The SMILES string of the molecule is CC(C)OCCn1c(C(C)C)nc2c1CCNC2. The molecule has 0 amide bonds. The van der Waals surface area contributed by atoms with E-state index in [0.717, 1.165) is 32.7 Å². The Balaban J connectivity index is 2.17. The zero-order valence-electron chi connectivity index (χ0n) is 12.0. The third-order valence-electron chi connectivity index (χ3n) is 3.30. The summed E-state index contributed by atoms with van der Waals surface area (Å²) < 4.78 is 8.05. The minimum atomic E-state index is 0.300. The van der Waals surface area contributed by atoms with Gasteiger partial charge in [-0.2, -0.15) is 0 Å². The molecule has 0 fully saturated rings. The maximum atomic E-state index is 5.68. The molecular formula is C14H25N3O. The van der Waals surface area contributed by atoms with Gasteiger partial charge in [-0.3, -0.25) is 0 Å². The van der Waals surface area contributed by atoms with Crippen molar-refractivity contribution in [3.8, 4) is 0 Å². The van der Waals surface area contributed by atoms with Crippen LogP contribution in [-0.2, 0) is 24.2 Å². The van der Waals surface area contributed by atoms with Crippen LogP contribution in [0.2, 0.25) is 0 Å². The molecule has 1 aromatic heterocycles. The normalized spacial score (nSPS) is 15.4. The summed E-state index contributed by atoms with van der Waals surface area (Å²) in [6.45, 7) is 12.2. The molecule has 0 unspecified atom stereocenters. The molecule has 0 saturated heterocycles. The van der Waals surface area contributed by atoms with E-state index in [-0.39, 0.29) is 0 Å². The predicted octanol–water partition coefficient (Wildman–Crippen LogP) is 2.08. The summed E-state index contributed by atoms with van der Waals surface area (Å²) in [5, 5.41) is 3.39. The van der Waals surface area contributed by atoms with Crippen LogP contribution in [0.25, 0.3) is 0 Å². The highest BCUT2D eigenvalue weighted by atomic mass is 16.5. The fourth-order valence-corrected chi connectivity index (χ4v) is 2.46. The van der Waals surface area contributed by atoms with Gasteiger partial charge < -0.3 is 14.6 Å². The smallest absolute Gasteiger partial charge is 0.111 e. The van der Waals surface area contributed by atoms with Gasteiger partial charge in [0.05, 0.1) is 18.4 Å². The second kappa shape index (κ2) is 5.85. The van der Waals surface area contributed by atoms with Crippen LogP contribution in [0.4, 0.5) is 0 Å². The molecule has 0 radical (unpaired) electrons. The van der Waals surface area contributed by atoms with Crippen LogP contribution < -0.4 is 5.32 Å². The van der Waals surface area contributed by atoms with Gasteiger partial charge in [-0.15, -0.1) is 0 Å². The lowest BCUT2D eigenvalue weighted by Gasteiger charge is -2.17. The Kier molecular flexibility index (Phi) is 4.40. The fraction of sp³-hybridized carbons (Fsp3) is 0.786. The number of nitrogens with one attached hydrogen (secondary N) is 1. The lowest BCUT2D eigenvalue weighted by atomic mass is 10.2. The van der Waals surface area contributed by atoms with Crippen molar-refractivity contribution in [2.75, 3.05) is 13.2 Å². The van der Waals surface area contributed by atoms with E-state index in [1.54, 1.807) is 0 Å². The Morgan fingerprint density at radius 3 is 2.78 bits per heavy atom. The first-order chi connectivity index (χ1) is 8.59. The number of fused-ring (bicyclic) bond motifs is 1. The molecule has 4 nitrogen and oxygen atoms in total. The number of ether oxygens (including phenoxy) is 1. The molecule has 0 aliphatic carbocycles. The lowest BCUT2D eigenvalue weighted by molar-refractivity contribution is 0.0718. The molecule has 0 saturated carbocycles. The summed E-state index contributed by atoms with van der Waals surface area (Å²) in [5.41, 5.74) is 2.64. The molecule has 4 heteroatoms. The molecule has 1 aromatic rings. The van der Waals surface area contributed by atoms with Crippen molar-refractivity contribution in [3.05, 3.63) is 17.2 Å². The van der Waals surface area contributed by atoms with Crippen LogP contribution in [0.5, 0.6) is 0 Å². The van der Waals surface area contributed by atoms with E-state index in [0.29, 0.717) is 12.0 Å². The Labute approximate surface area is 110 Å². The van der Waals surface area contributed by atoms with Gasteiger partial charge in [-0.05, 0) is 13.8 Å². The van der Waals surface area contributed by atoms with Crippen molar-refractivity contribution < 1.29 is 4.74 Å². The van der Waals surface area contributed by atoms with E-state index in [1.165, 1.54) is 17.2 Å². The van der Waals surface area contributed by atoms with Crippen molar-refractivity contribution in [2.45, 2.75) is 59.2 Å².